The van der Waals surface area contributed by atoms with Crippen molar-refractivity contribution in [3.63, 3.8) is 0 Å². The molecule has 0 spiro atoms. The van der Waals surface area contributed by atoms with Crippen LogP contribution < -0.4 is 0 Å². The number of allylic oxidation sites excluding steroid dienone is 4. The lowest BCUT2D eigenvalue weighted by Gasteiger charge is -2.24. The summed E-state index contributed by atoms with van der Waals surface area (Å²) in [7, 11) is 4.18. The Kier molecular flexibility index (Phi) is 38.8. The summed E-state index contributed by atoms with van der Waals surface area (Å²) in [6, 6.07) is 0.391. The van der Waals surface area contributed by atoms with E-state index in [1.807, 2.05) is 0 Å². The fourth-order valence-electron chi connectivity index (χ4n) is 6.85. The number of amides is 1. The molecule has 0 rings (SSSR count). The van der Waals surface area contributed by atoms with Crippen molar-refractivity contribution in [2.75, 3.05) is 32.9 Å². The van der Waals surface area contributed by atoms with Gasteiger partial charge in [-0.25, -0.2) is 0 Å². The Morgan fingerprint density at radius 2 is 1.00 bits per heavy atom. The van der Waals surface area contributed by atoms with Crippen molar-refractivity contribution in [2.45, 2.75) is 226 Å². The highest BCUT2D eigenvalue weighted by Gasteiger charge is 2.16. The van der Waals surface area contributed by atoms with Crippen LogP contribution in [0.25, 0.3) is 0 Å². The molecule has 0 aliphatic carbocycles. The Labute approximate surface area is 330 Å². The van der Waals surface area contributed by atoms with Gasteiger partial charge in [-0.2, -0.15) is 0 Å². The Balaban J connectivity index is 4.25. The van der Waals surface area contributed by atoms with Crippen molar-refractivity contribution in [2.24, 2.45) is 5.92 Å². The molecule has 0 aromatic heterocycles. The number of rotatable bonds is 39. The van der Waals surface area contributed by atoms with Crippen LogP contribution in [0.1, 0.15) is 220 Å². The molecule has 0 fully saturated rings. The number of Topliss-reactive ketones (excluding diaryl/α,β-unsaturated/α-hetero) is 1. The maximum Gasteiger partial charge on any atom is 0.281 e. The summed E-state index contributed by atoms with van der Waals surface area (Å²) < 4.78 is 0. The first-order valence-electron chi connectivity index (χ1n) is 22.7. The Morgan fingerprint density at radius 1 is 0.538 bits per heavy atom. The van der Waals surface area contributed by atoms with E-state index in [2.05, 4.69) is 75.9 Å². The first kappa shape index (κ1) is 50.9. The molecule has 0 radical (unpaired) electrons. The van der Waals surface area contributed by atoms with Gasteiger partial charge >= 0.3 is 0 Å². The van der Waals surface area contributed by atoms with Gasteiger partial charge < -0.3 is 9.80 Å². The third-order valence-electron chi connectivity index (χ3n) is 10.8. The van der Waals surface area contributed by atoms with Gasteiger partial charge in [0.15, 0.2) is 0 Å². The molecule has 0 saturated heterocycles. The van der Waals surface area contributed by atoms with Gasteiger partial charge in [0, 0.05) is 37.7 Å². The molecule has 0 aromatic carbocycles. The summed E-state index contributed by atoms with van der Waals surface area (Å²) in [5, 5.41) is 0.257. The molecule has 0 heterocycles. The molecule has 0 saturated carbocycles. The largest absolute Gasteiger partial charge is 0.334 e. The van der Waals surface area contributed by atoms with E-state index in [1.165, 1.54) is 147 Å². The number of unbranched alkanes of at least 4 members (excludes halogenated alkanes) is 18. The van der Waals surface area contributed by atoms with Gasteiger partial charge in [-0.05, 0) is 84.7 Å². The van der Waals surface area contributed by atoms with E-state index < -0.39 is 0 Å². The number of carbonyl (C=O) groups excluding carboxylic acids is 2. The van der Waals surface area contributed by atoms with Crippen molar-refractivity contribution < 1.29 is 9.59 Å². The molecule has 4 nitrogen and oxygen atoms in total. The van der Waals surface area contributed by atoms with E-state index in [4.69, 9.17) is 0 Å². The Hall–Kier alpha value is -1.07. The van der Waals surface area contributed by atoms with Crippen molar-refractivity contribution >= 4 is 22.8 Å². The van der Waals surface area contributed by atoms with Gasteiger partial charge in [-0.3, -0.25) is 9.59 Å². The van der Waals surface area contributed by atoms with Crippen LogP contribution in [0.5, 0.6) is 0 Å². The number of carbonyl (C=O) groups is 2. The van der Waals surface area contributed by atoms with E-state index in [9.17, 15) is 9.59 Å². The first-order valence-corrected chi connectivity index (χ1v) is 23.7. The molecule has 0 aliphatic rings. The monoisotopic (exact) mass is 747 g/mol. The standard InChI is InChI=1S/C47H90N2O2S/c1-7-10-13-15-16-17-18-19-20-21-22-23-24-25-29-33-41-49(47(51)52-43-44(4)48(5)6)42-34-30-26-28-32-39-46(50)40-35-38-45(36-12-9-3)37-31-27-14-11-8-2/h17-18,20-21,44-45H,7-16,19,22-43H2,1-6H3. The smallest absolute Gasteiger partial charge is 0.281 e. The SMILES string of the molecule is CCCCCCC=CCC=CCCCCCCCN(CCCCCCCC(=O)CCCC(CCCC)CCCCCCC)C(=O)SCC(C)N(C)C. The van der Waals surface area contributed by atoms with Crippen LogP contribution in [0.15, 0.2) is 24.3 Å². The zero-order valence-electron chi connectivity index (χ0n) is 35.9. The number of ketones is 1. The van der Waals surface area contributed by atoms with E-state index in [-0.39, 0.29) is 5.24 Å². The second-order valence-corrected chi connectivity index (χ2v) is 17.1. The van der Waals surface area contributed by atoms with E-state index >= 15 is 0 Å². The average Bonchev–Trinajstić information content (AvgIpc) is 3.13. The number of hydrogen-bond donors (Lipinski definition) is 0. The van der Waals surface area contributed by atoms with Crippen LogP contribution >= 0.6 is 11.8 Å². The lowest BCUT2D eigenvalue weighted by Crippen LogP contribution is -2.32. The van der Waals surface area contributed by atoms with Crippen LogP contribution in [0.3, 0.4) is 0 Å². The Bertz CT molecular complexity index is 841. The summed E-state index contributed by atoms with van der Waals surface area (Å²) in [4.78, 5) is 30.1. The van der Waals surface area contributed by atoms with Gasteiger partial charge in [-0.15, -0.1) is 0 Å². The highest BCUT2D eigenvalue weighted by molar-refractivity contribution is 8.13. The summed E-state index contributed by atoms with van der Waals surface area (Å²) >= 11 is 1.50. The Morgan fingerprint density at radius 3 is 1.60 bits per heavy atom. The summed E-state index contributed by atoms with van der Waals surface area (Å²) in [5.41, 5.74) is 0. The lowest BCUT2D eigenvalue weighted by atomic mass is 9.90. The minimum absolute atomic E-state index is 0.257. The molecule has 52 heavy (non-hydrogen) atoms. The quantitative estimate of drug-likeness (QED) is 0.0464. The predicted octanol–water partition coefficient (Wildman–Crippen LogP) is 15.2. The first-order chi connectivity index (χ1) is 25.3. The van der Waals surface area contributed by atoms with Crippen LogP contribution in [0, 0.1) is 5.92 Å². The van der Waals surface area contributed by atoms with Crippen LogP contribution in [-0.2, 0) is 4.79 Å². The van der Waals surface area contributed by atoms with Gasteiger partial charge in [0.25, 0.3) is 5.24 Å². The minimum Gasteiger partial charge on any atom is -0.334 e. The minimum atomic E-state index is 0.257. The maximum atomic E-state index is 13.2. The summed E-state index contributed by atoms with van der Waals surface area (Å²) in [6.07, 6.45) is 45.9. The highest BCUT2D eigenvalue weighted by atomic mass is 32.2. The van der Waals surface area contributed by atoms with E-state index in [1.54, 1.807) is 0 Å². The predicted molar refractivity (Wildman–Crippen MR) is 235 cm³/mol. The molecule has 2 atom stereocenters. The fourth-order valence-corrected chi connectivity index (χ4v) is 7.90. The molecule has 1 amide bonds. The molecule has 0 aliphatic heterocycles. The van der Waals surface area contributed by atoms with Crippen LogP contribution in [0.2, 0.25) is 0 Å². The average molecular weight is 747 g/mol. The zero-order valence-corrected chi connectivity index (χ0v) is 36.7. The third-order valence-corrected chi connectivity index (χ3v) is 12.0. The highest BCUT2D eigenvalue weighted by Crippen LogP contribution is 2.24. The van der Waals surface area contributed by atoms with Gasteiger partial charge in [0.05, 0.1) is 0 Å². The van der Waals surface area contributed by atoms with Crippen LogP contribution in [-0.4, -0.2) is 59.8 Å². The topological polar surface area (TPSA) is 40.6 Å². The molecule has 306 valence electrons. The normalized spacial score (nSPS) is 13.1. The van der Waals surface area contributed by atoms with Gasteiger partial charge in [-0.1, -0.05) is 179 Å². The summed E-state index contributed by atoms with van der Waals surface area (Å²) in [6.45, 7) is 10.8. The number of thioether (sulfide) groups is 1. The number of hydrogen-bond acceptors (Lipinski definition) is 4. The molecule has 0 N–H and O–H groups in total. The van der Waals surface area contributed by atoms with Crippen molar-refractivity contribution in [3.8, 4) is 0 Å². The second-order valence-electron chi connectivity index (χ2n) is 16.1. The van der Waals surface area contributed by atoms with E-state index in [0.29, 0.717) is 11.8 Å². The summed E-state index contributed by atoms with van der Waals surface area (Å²) in [5.74, 6) is 2.15. The second kappa shape index (κ2) is 39.6. The molecule has 2 unspecified atom stereocenters. The molecular formula is C47H90N2O2S. The third kappa shape index (κ3) is 34.7. The van der Waals surface area contributed by atoms with Crippen molar-refractivity contribution in [3.05, 3.63) is 24.3 Å². The van der Waals surface area contributed by atoms with Crippen molar-refractivity contribution in [1.29, 1.82) is 0 Å². The molecule has 0 aromatic rings. The molecular weight excluding hydrogens is 657 g/mol. The lowest BCUT2D eigenvalue weighted by molar-refractivity contribution is -0.119. The van der Waals surface area contributed by atoms with E-state index in [0.717, 1.165) is 82.5 Å². The van der Waals surface area contributed by atoms with Crippen LogP contribution in [0.4, 0.5) is 4.79 Å². The number of nitrogens with zero attached hydrogens (tertiary/aromatic N) is 2. The molecule has 5 heteroatoms. The van der Waals surface area contributed by atoms with Crippen molar-refractivity contribution in [1.82, 2.24) is 9.80 Å². The maximum absolute atomic E-state index is 13.2. The fraction of sp³-hybridized carbons (Fsp3) is 0.872. The molecule has 0 bridgehead atoms. The van der Waals surface area contributed by atoms with Gasteiger partial charge in [0.2, 0.25) is 0 Å². The van der Waals surface area contributed by atoms with Gasteiger partial charge in [0.1, 0.15) is 5.78 Å². The zero-order chi connectivity index (χ0) is 38.3.